The highest BCUT2D eigenvalue weighted by Crippen LogP contribution is 2.21. The van der Waals surface area contributed by atoms with Crippen LogP contribution in [-0.2, 0) is 10.0 Å². The monoisotopic (exact) mass is 306 g/mol. The highest BCUT2D eigenvalue weighted by molar-refractivity contribution is 7.98. The van der Waals surface area contributed by atoms with E-state index in [0.717, 1.165) is 31.1 Å². The Kier molecular flexibility index (Phi) is 6.60. The quantitative estimate of drug-likeness (QED) is 0.570. The molecule has 0 unspecified atom stereocenters. The van der Waals surface area contributed by atoms with Crippen molar-refractivity contribution in [2.45, 2.75) is 24.2 Å². The van der Waals surface area contributed by atoms with Crippen molar-refractivity contribution in [3.8, 4) is 0 Å². The Bertz CT molecular complexity index is 486. The van der Waals surface area contributed by atoms with Gasteiger partial charge < -0.3 is 5.73 Å². The van der Waals surface area contributed by atoms with Crippen LogP contribution in [0, 0.1) is 5.82 Å². The van der Waals surface area contributed by atoms with Crippen molar-refractivity contribution in [2.75, 3.05) is 24.3 Å². The van der Waals surface area contributed by atoms with Gasteiger partial charge in [-0.15, -0.1) is 0 Å². The predicted octanol–water partition coefficient (Wildman–Crippen LogP) is 2.22. The van der Waals surface area contributed by atoms with Gasteiger partial charge in [-0.1, -0.05) is 12.5 Å². The fraction of sp³-hybridized carbons (Fsp3) is 0.500. The van der Waals surface area contributed by atoms with E-state index in [4.69, 9.17) is 5.73 Å². The molecule has 0 saturated carbocycles. The average molecular weight is 306 g/mol. The summed E-state index contributed by atoms with van der Waals surface area (Å²) in [5, 5.41) is 0. The molecule has 0 aliphatic rings. The van der Waals surface area contributed by atoms with Crippen LogP contribution in [0.1, 0.15) is 19.3 Å². The van der Waals surface area contributed by atoms with Gasteiger partial charge in [-0.05, 0) is 37.0 Å². The molecule has 1 rings (SSSR count). The van der Waals surface area contributed by atoms with E-state index in [1.54, 1.807) is 11.8 Å². The zero-order valence-corrected chi connectivity index (χ0v) is 12.5. The number of anilines is 1. The first-order chi connectivity index (χ1) is 8.99. The molecule has 1 aromatic carbocycles. The SMILES string of the molecule is CSCCCCCNS(=O)(=O)c1c(N)cccc1F. The molecule has 0 fully saturated rings. The maximum atomic E-state index is 13.5. The second kappa shape index (κ2) is 7.72. The highest BCUT2D eigenvalue weighted by atomic mass is 32.2. The molecule has 0 aliphatic heterocycles. The van der Waals surface area contributed by atoms with Crippen LogP contribution in [0.25, 0.3) is 0 Å². The molecule has 3 N–H and O–H groups in total. The van der Waals surface area contributed by atoms with Crippen LogP contribution in [0.3, 0.4) is 0 Å². The first-order valence-electron chi connectivity index (χ1n) is 6.01. The molecule has 108 valence electrons. The molecule has 0 atom stereocenters. The summed E-state index contributed by atoms with van der Waals surface area (Å²) in [7, 11) is -3.87. The second-order valence-corrected chi connectivity index (χ2v) is 6.80. The van der Waals surface area contributed by atoms with Crippen molar-refractivity contribution >= 4 is 27.5 Å². The molecule has 0 spiro atoms. The largest absolute Gasteiger partial charge is 0.398 e. The Hall–Kier alpha value is -0.790. The van der Waals surface area contributed by atoms with E-state index in [0.29, 0.717) is 6.54 Å². The lowest BCUT2D eigenvalue weighted by molar-refractivity contribution is 0.555. The predicted molar refractivity (Wildman–Crippen MR) is 78.2 cm³/mol. The zero-order valence-electron chi connectivity index (χ0n) is 10.9. The molecule has 4 nitrogen and oxygen atoms in total. The number of halogens is 1. The number of nitrogens with one attached hydrogen (secondary N) is 1. The van der Waals surface area contributed by atoms with Crippen molar-refractivity contribution in [1.29, 1.82) is 0 Å². The molecule has 0 radical (unpaired) electrons. The lowest BCUT2D eigenvalue weighted by atomic mass is 10.2. The summed E-state index contributed by atoms with van der Waals surface area (Å²) in [5.41, 5.74) is 5.44. The van der Waals surface area contributed by atoms with Crippen molar-refractivity contribution in [2.24, 2.45) is 0 Å². The lowest BCUT2D eigenvalue weighted by Crippen LogP contribution is -2.26. The van der Waals surface area contributed by atoms with Gasteiger partial charge in [0.1, 0.15) is 10.7 Å². The van der Waals surface area contributed by atoms with E-state index in [9.17, 15) is 12.8 Å². The first-order valence-corrected chi connectivity index (χ1v) is 8.89. The molecule has 0 saturated heterocycles. The van der Waals surface area contributed by atoms with E-state index in [2.05, 4.69) is 4.72 Å². The van der Waals surface area contributed by atoms with Gasteiger partial charge in [-0.3, -0.25) is 0 Å². The molecule has 0 aliphatic carbocycles. The smallest absolute Gasteiger partial charge is 0.245 e. The van der Waals surface area contributed by atoms with E-state index in [1.807, 2.05) is 6.26 Å². The average Bonchev–Trinajstić information content (AvgIpc) is 2.33. The summed E-state index contributed by atoms with van der Waals surface area (Å²) in [6.45, 7) is 0.296. The number of rotatable bonds is 8. The number of sulfonamides is 1. The van der Waals surface area contributed by atoms with Crippen LogP contribution in [0.2, 0.25) is 0 Å². The van der Waals surface area contributed by atoms with Gasteiger partial charge in [-0.2, -0.15) is 11.8 Å². The number of hydrogen-bond acceptors (Lipinski definition) is 4. The maximum Gasteiger partial charge on any atom is 0.245 e. The van der Waals surface area contributed by atoms with Crippen LogP contribution in [0.15, 0.2) is 23.1 Å². The van der Waals surface area contributed by atoms with Gasteiger partial charge in [0.25, 0.3) is 0 Å². The minimum atomic E-state index is -3.87. The van der Waals surface area contributed by atoms with E-state index < -0.39 is 20.7 Å². The number of unbranched alkanes of at least 4 members (excludes halogenated alkanes) is 2. The van der Waals surface area contributed by atoms with Crippen molar-refractivity contribution in [3.05, 3.63) is 24.0 Å². The maximum absolute atomic E-state index is 13.5. The van der Waals surface area contributed by atoms with E-state index in [-0.39, 0.29) is 5.69 Å². The molecule has 19 heavy (non-hydrogen) atoms. The Labute approximate surface area is 118 Å². The van der Waals surface area contributed by atoms with Gasteiger partial charge in [0.05, 0.1) is 5.69 Å². The van der Waals surface area contributed by atoms with Gasteiger partial charge in [0.2, 0.25) is 10.0 Å². The first kappa shape index (κ1) is 16.3. The third kappa shape index (κ3) is 5.00. The molecule has 7 heteroatoms. The summed E-state index contributed by atoms with van der Waals surface area (Å²) in [6.07, 6.45) is 4.75. The van der Waals surface area contributed by atoms with Gasteiger partial charge in [-0.25, -0.2) is 17.5 Å². The minimum Gasteiger partial charge on any atom is -0.398 e. The number of hydrogen-bond donors (Lipinski definition) is 2. The van der Waals surface area contributed by atoms with E-state index in [1.165, 1.54) is 12.1 Å². The summed E-state index contributed by atoms with van der Waals surface area (Å²) >= 11 is 1.76. The second-order valence-electron chi connectivity index (χ2n) is 4.11. The zero-order chi connectivity index (χ0) is 14.3. The number of benzene rings is 1. The summed E-state index contributed by atoms with van der Waals surface area (Å²) in [5.74, 6) is 0.238. The molecular formula is C12H19FN2O2S2. The van der Waals surface area contributed by atoms with Crippen LogP contribution < -0.4 is 10.5 Å². The fourth-order valence-electron chi connectivity index (χ4n) is 1.64. The van der Waals surface area contributed by atoms with Crippen molar-refractivity contribution in [3.63, 3.8) is 0 Å². The van der Waals surface area contributed by atoms with Gasteiger partial charge in [0.15, 0.2) is 0 Å². The van der Waals surface area contributed by atoms with Crippen molar-refractivity contribution < 1.29 is 12.8 Å². The van der Waals surface area contributed by atoms with Gasteiger partial charge in [0, 0.05) is 6.54 Å². The van der Waals surface area contributed by atoms with Gasteiger partial charge >= 0.3 is 0 Å². The molecular weight excluding hydrogens is 287 g/mol. The minimum absolute atomic E-state index is 0.0742. The van der Waals surface area contributed by atoms with Crippen LogP contribution in [0.4, 0.5) is 10.1 Å². The third-order valence-corrected chi connectivity index (χ3v) is 4.83. The van der Waals surface area contributed by atoms with Crippen LogP contribution in [0.5, 0.6) is 0 Å². The van der Waals surface area contributed by atoms with Crippen LogP contribution >= 0.6 is 11.8 Å². The Morgan fingerprint density at radius 2 is 2.05 bits per heavy atom. The molecule has 0 heterocycles. The Balaban J connectivity index is 2.57. The van der Waals surface area contributed by atoms with Crippen molar-refractivity contribution in [1.82, 2.24) is 4.72 Å². The summed E-state index contributed by atoms with van der Waals surface area (Å²) in [4.78, 5) is -0.459. The Morgan fingerprint density at radius 3 is 2.68 bits per heavy atom. The molecule has 0 aromatic heterocycles. The summed E-state index contributed by atoms with van der Waals surface area (Å²) < 4.78 is 39.8. The van der Waals surface area contributed by atoms with Crippen LogP contribution in [-0.4, -0.2) is 27.0 Å². The topological polar surface area (TPSA) is 72.2 Å². The molecule has 0 amide bonds. The standard InChI is InChI=1S/C12H19FN2O2S2/c1-18-9-4-2-3-8-15-19(16,17)12-10(13)6-5-7-11(12)14/h5-7,15H,2-4,8-9,14H2,1H3. The summed E-state index contributed by atoms with van der Waals surface area (Å²) in [6, 6.07) is 3.84. The molecule has 0 bridgehead atoms. The number of nitrogens with two attached hydrogens (primary N) is 1. The third-order valence-electron chi connectivity index (χ3n) is 2.58. The lowest BCUT2D eigenvalue weighted by Gasteiger charge is -2.09. The number of nitrogen functional groups attached to an aromatic ring is 1. The van der Waals surface area contributed by atoms with E-state index >= 15 is 0 Å². The molecule has 1 aromatic rings. The fourth-order valence-corrected chi connectivity index (χ4v) is 3.39. The highest BCUT2D eigenvalue weighted by Gasteiger charge is 2.21. The Morgan fingerprint density at radius 1 is 1.32 bits per heavy atom. The normalized spacial score (nSPS) is 11.7. The number of thioether (sulfide) groups is 1.